The number of rotatable bonds is 8. The van der Waals surface area contributed by atoms with E-state index in [-0.39, 0.29) is 30.7 Å². The minimum atomic E-state index is -0.604. The highest BCUT2D eigenvalue weighted by Gasteiger charge is 2.34. The Hall–Kier alpha value is -5.15. The molecule has 0 bridgehead atoms. The smallest absolute Gasteiger partial charge is 0.338 e. The monoisotopic (exact) mass is 534 g/mol. The van der Waals surface area contributed by atoms with E-state index in [1.165, 1.54) is 0 Å². The highest BCUT2D eigenvalue weighted by Crippen LogP contribution is 2.30. The lowest BCUT2D eigenvalue weighted by molar-refractivity contribution is 0.0420. The van der Waals surface area contributed by atoms with Crippen molar-refractivity contribution in [1.29, 1.82) is 0 Å². The van der Waals surface area contributed by atoms with Crippen molar-refractivity contribution in [3.63, 3.8) is 0 Å². The molecular weight excluding hydrogens is 508 g/mol. The molecule has 0 spiro atoms. The molecule has 4 aromatic rings. The lowest BCUT2D eigenvalue weighted by Crippen LogP contribution is -2.33. The number of nitrogens with zero attached hydrogens (tertiary/aromatic N) is 2. The van der Waals surface area contributed by atoms with Crippen LogP contribution in [-0.2, 0) is 4.74 Å². The zero-order chi connectivity index (χ0) is 28.2. The van der Waals surface area contributed by atoms with Gasteiger partial charge < -0.3 is 15.8 Å². The maximum Gasteiger partial charge on any atom is 0.338 e. The van der Waals surface area contributed by atoms with Crippen molar-refractivity contribution in [1.82, 2.24) is 9.88 Å². The summed E-state index contributed by atoms with van der Waals surface area (Å²) in [5.41, 5.74) is 10.4. The van der Waals surface area contributed by atoms with Gasteiger partial charge in [0.05, 0.1) is 23.2 Å². The third-order valence-electron chi connectivity index (χ3n) is 6.58. The highest BCUT2D eigenvalue weighted by molar-refractivity contribution is 6.21. The summed E-state index contributed by atoms with van der Waals surface area (Å²) in [5, 5.41) is 2.84. The number of imide groups is 1. The van der Waals surface area contributed by atoms with E-state index in [0.29, 0.717) is 33.5 Å². The van der Waals surface area contributed by atoms with Crippen LogP contribution in [0.4, 0.5) is 5.69 Å². The number of benzene rings is 3. The highest BCUT2D eigenvalue weighted by atomic mass is 16.5. The fourth-order valence-corrected chi connectivity index (χ4v) is 4.55. The van der Waals surface area contributed by atoms with Gasteiger partial charge in [-0.25, -0.2) is 4.79 Å². The maximum atomic E-state index is 12.9. The van der Waals surface area contributed by atoms with Gasteiger partial charge in [-0.2, -0.15) is 0 Å². The Morgan fingerprint density at radius 2 is 1.57 bits per heavy atom. The van der Waals surface area contributed by atoms with Gasteiger partial charge in [0.15, 0.2) is 0 Å². The molecule has 0 saturated carbocycles. The van der Waals surface area contributed by atoms with Crippen LogP contribution in [0, 0.1) is 0 Å². The summed E-state index contributed by atoms with van der Waals surface area (Å²) in [7, 11) is 0. The molecule has 9 heteroatoms. The van der Waals surface area contributed by atoms with Crippen LogP contribution in [0.2, 0.25) is 0 Å². The van der Waals surface area contributed by atoms with Gasteiger partial charge in [-0.05, 0) is 72.1 Å². The molecule has 9 nitrogen and oxygen atoms in total. The Morgan fingerprint density at radius 3 is 2.25 bits per heavy atom. The molecule has 0 fully saturated rings. The molecule has 0 aliphatic carbocycles. The SMILES string of the molecule is CC(N)c1ccc(C(=O)Nc2ccncc2)cc1-c1cccc(C(=O)OCCN2C(=O)c3ccccc3C2=O)c1. The first-order valence-corrected chi connectivity index (χ1v) is 12.7. The number of fused-ring (bicyclic) bond motifs is 1. The van der Waals surface area contributed by atoms with Gasteiger partial charge in [0, 0.05) is 29.7 Å². The van der Waals surface area contributed by atoms with Gasteiger partial charge in [0.2, 0.25) is 0 Å². The third kappa shape index (κ3) is 5.36. The quantitative estimate of drug-likeness (QED) is 0.252. The molecule has 1 atom stereocenters. The van der Waals surface area contributed by atoms with Gasteiger partial charge >= 0.3 is 5.97 Å². The van der Waals surface area contributed by atoms with E-state index in [1.54, 1.807) is 85.2 Å². The topological polar surface area (TPSA) is 132 Å². The van der Waals surface area contributed by atoms with Gasteiger partial charge in [0.25, 0.3) is 17.7 Å². The number of hydrogen-bond acceptors (Lipinski definition) is 7. The number of amides is 3. The van der Waals surface area contributed by atoms with Gasteiger partial charge in [-0.15, -0.1) is 0 Å². The molecule has 1 aliphatic rings. The van der Waals surface area contributed by atoms with Crippen LogP contribution in [0.15, 0.2) is 91.3 Å². The molecular formula is C31H26N4O5. The predicted octanol–water partition coefficient (Wildman–Crippen LogP) is 4.47. The molecule has 0 saturated heterocycles. The molecule has 3 aromatic carbocycles. The summed E-state index contributed by atoms with van der Waals surface area (Å²) in [6, 6.07) is 21.7. The molecule has 3 amide bonds. The molecule has 1 aliphatic heterocycles. The van der Waals surface area contributed by atoms with Crippen molar-refractivity contribution in [2.75, 3.05) is 18.5 Å². The van der Waals surface area contributed by atoms with Crippen molar-refractivity contribution < 1.29 is 23.9 Å². The molecule has 2 heterocycles. The second kappa shape index (κ2) is 11.3. The first-order valence-electron chi connectivity index (χ1n) is 12.7. The van der Waals surface area contributed by atoms with Crippen molar-refractivity contribution >= 4 is 29.4 Å². The average molecular weight is 535 g/mol. The van der Waals surface area contributed by atoms with Crippen molar-refractivity contribution in [3.05, 3.63) is 119 Å². The number of nitrogens with two attached hydrogens (primary N) is 1. The number of esters is 1. The minimum absolute atomic E-state index is 0.0543. The summed E-state index contributed by atoms with van der Waals surface area (Å²) >= 11 is 0. The van der Waals surface area contributed by atoms with E-state index >= 15 is 0 Å². The van der Waals surface area contributed by atoms with E-state index in [1.807, 2.05) is 13.0 Å². The molecule has 3 N–H and O–H groups in total. The number of ether oxygens (including phenoxy) is 1. The minimum Gasteiger partial charge on any atom is -0.460 e. The van der Waals surface area contributed by atoms with E-state index in [9.17, 15) is 19.2 Å². The standard InChI is InChI=1S/C31H26N4O5/c1-19(32)24-10-9-21(28(36)34-23-11-13-33-14-12-23)18-27(24)20-5-4-6-22(17-20)31(39)40-16-15-35-29(37)25-7-2-3-8-26(25)30(35)38/h2-14,17-19H,15-16,32H2,1H3,(H,33,34,36). The van der Waals surface area contributed by atoms with Crippen LogP contribution in [-0.4, -0.2) is 46.7 Å². The van der Waals surface area contributed by atoms with Crippen LogP contribution in [0.25, 0.3) is 11.1 Å². The second-order valence-electron chi connectivity index (χ2n) is 9.30. The maximum absolute atomic E-state index is 12.9. The number of carbonyl (C=O) groups is 4. The van der Waals surface area contributed by atoms with E-state index < -0.39 is 17.8 Å². The van der Waals surface area contributed by atoms with Crippen LogP contribution in [0.3, 0.4) is 0 Å². The van der Waals surface area contributed by atoms with Gasteiger partial charge in [0.1, 0.15) is 6.61 Å². The number of pyridine rings is 1. The largest absolute Gasteiger partial charge is 0.460 e. The Balaban J connectivity index is 1.31. The first kappa shape index (κ1) is 26.5. The molecule has 40 heavy (non-hydrogen) atoms. The molecule has 0 radical (unpaired) electrons. The van der Waals surface area contributed by atoms with E-state index in [2.05, 4.69) is 10.3 Å². The van der Waals surface area contributed by atoms with Crippen LogP contribution in [0.5, 0.6) is 0 Å². The fraction of sp³-hybridized carbons (Fsp3) is 0.129. The predicted molar refractivity (Wildman–Crippen MR) is 149 cm³/mol. The number of nitrogens with one attached hydrogen (secondary N) is 1. The van der Waals surface area contributed by atoms with Gasteiger partial charge in [-0.3, -0.25) is 24.3 Å². The van der Waals surface area contributed by atoms with Crippen molar-refractivity contribution in [2.24, 2.45) is 5.73 Å². The van der Waals surface area contributed by atoms with Crippen molar-refractivity contribution in [2.45, 2.75) is 13.0 Å². The summed E-state index contributed by atoms with van der Waals surface area (Å²) in [6.45, 7) is 1.64. The third-order valence-corrected chi connectivity index (χ3v) is 6.58. The zero-order valence-corrected chi connectivity index (χ0v) is 21.7. The average Bonchev–Trinajstić information content (AvgIpc) is 3.22. The Kier molecular flexibility index (Phi) is 7.48. The Labute approximate surface area is 230 Å². The summed E-state index contributed by atoms with van der Waals surface area (Å²) < 4.78 is 5.40. The van der Waals surface area contributed by atoms with Crippen LogP contribution >= 0.6 is 0 Å². The molecule has 1 aromatic heterocycles. The van der Waals surface area contributed by atoms with Crippen LogP contribution < -0.4 is 11.1 Å². The van der Waals surface area contributed by atoms with Crippen LogP contribution in [0.1, 0.15) is 60.0 Å². The number of aromatic nitrogens is 1. The first-order chi connectivity index (χ1) is 19.3. The second-order valence-corrected chi connectivity index (χ2v) is 9.30. The summed E-state index contributed by atoms with van der Waals surface area (Å²) in [5.74, 6) is -1.72. The lowest BCUT2D eigenvalue weighted by atomic mass is 9.92. The Bertz CT molecular complexity index is 1580. The number of anilines is 1. The molecule has 1 unspecified atom stereocenters. The summed E-state index contributed by atoms with van der Waals surface area (Å²) in [6.07, 6.45) is 3.18. The number of hydrogen-bond donors (Lipinski definition) is 2. The lowest BCUT2D eigenvalue weighted by Gasteiger charge is -2.16. The van der Waals surface area contributed by atoms with E-state index in [0.717, 1.165) is 10.5 Å². The molecule has 5 rings (SSSR count). The van der Waals surface area contributed by atoms with Gasteiger partial charge in [-0.1, -0.05) is 30.3 Å². The Morgan fingerprint density at radius 1 is 0.875 bits per heavy atom. The fourth-order valence-electron chi connectivity index (χ4n) is 4.55. The zero-order valence-electron chi connectivity index (χ0n) is 21.7. The van der Waals surface area contributed by atoms with Crippen molar-refractivity contribution in [3.8, 4) is 11.1 Å². The number of carbonyl (C=O) groups excluding carboxylic acids is 4. The molecule has 200 valence electrons. The summed E-state index contributed by atoms with van der Waals surface area (Å²) in [4.78, 5) is 55.9. The normalized spacial score (nSPS) is 13.1. The van der Waals surface area contributed by atoms with E-state index in [4.69, 9.17) is 10.5 Å².